The largest absolute Gasteiger partial charge is 0.338 e. The van der Waals surface area contributed by atoms with Crippen molar-refractivity contribution in [1.82, 2.24) is 10.2 Å². The Balaban J connectivity index is 1.69. The summed E-state index contributed by atoms with van der Waals surface area (Å²) in [6.07, 6.45) is 4.87. The molecular weight excluding hydrogens is 176 g/mol. The zero-order chi connectivity index (χ0) is 9.54. The molecule has 0 aromatic carbocycles. The number of fused-ring (bicyclic) bond motifs is 1. The van der Waals surface area contributed by atoms with Crippen molar-refractivity contribution in [2.45, 2.75) is 31.7 Å². The van der Waals surface area contributed by atoms with Crippen molar-refractivity contribution in [3.8, 4) is 0 Å². The Morgan fingerprint density at radius 3 is 2.71 bits per heavy atom. The highest BCUT2D eigenvalue weighted by molar-refractivity contribution is 5.82. The number of amides is 1. The van der Waals surface area contributed by atoms with Crippen molar-refractivity contribution in [3.05, 3.63) is 0 Å². The van der Waals surface area contributed by atoms with Crippen LogP contribution in [0, 0.1) is 11.8 Å². The molecule has 3 heteroatoms. The van der Waals surface area contributed by atoms with Gasteiger partial charge in [-0.05, 0) is 38.1 Å². The van der Waals surface area contributed by atoms with Crippen LogP contribution in [0.15, 0.2) is 0 Å². The minimum Gasteiger partial charge on any atom is -0.338 e. The quantitative estimate of drug-likeness (QED) is 0.663. The molecule has 0 aromatic heterocycles. The molecule has 1 saturated carbocycles. The summed E-state index contributed by atoms with van der Waals surface area (Å²) >= 11 is 0. The second-order valence-electron chi connectivity index (χ2n) is 4.93. The fourth-order valence-electron chi connectivity index (χ4n) is 3.10. The molecule has 1 aliphatic carbocycles. The number of nitrogens with zero attached hydrogens (tertiary/aromatic N) is 1. The normalized spacial score (nSPS) is 42.1. The fraction of sp³-hybridized carbons (Fsp3) is 0.909. The van der Waals surface area contributed by atoms with E-state index in [1.807, 2.05) is 0 Å². The average Bonchev–Trinajstić information content (AvgIpc) is 2.38. The summed E-state index contributed by atoms with van der Waals surface area (Å²) in [6, 6.07) is 0.502. The number of hydrogen-bond acceptors (Lipinski definition) is 2. The van der Waals surface area contributed by atoms with Gasteiger partial charge in [0.2, 0.25) is 5.91 Å². The van der Waals surface area contributed by atoms with Gasteiger partial charge in [-0.1, -0.05) is 0 Å². The predicted molar refractivity (Wildman–Crippen MR) is 53.8 cm³/mol. The Morgan fingerprint density at radius 1 is 1.29 bits per heavy atom. The molecule has 3 fully saturated rings. The van der Waals surface area contributed by atoms with Gasteiger partial charge in [-0.3, -0.25) is 4.79 Å². The van der Waals surface area contributed by atoms with Crippen LogP contribution in [0.2, 0.25) is 0 Å². The summed E-state index contributed by atoms with van der Waals surface area (Å²) in [5.74, 6) is 1.58. The number of hydrogen-bond donors (Lipinski definition) is 1. The van der Waals surface area contributed by atoms with Crippen molar-refractivity contribution in [2.75, 3.05) is 19.6 Å². The summed E-state index contributed by atoms with van der Waals surface area (Å²) in [7, 11) is 0. The lowest BCUT2D eigenvalue weighted by molar-refractivity contribution is -0.134. The first-order valence-corrected chi connectivity index (χ1v) is 5.87. The molecule has 0 radical (unpaired) electrons. The number of piperidine rings is 1. The Morgan fingerprint density at radius 2 is 2.21 bits per heavy atom. The fourth-order valence-corrected chi connectivity index (χ4v) is 3.10. The predicted octanol–water partition coefficient (Wildman–Crippen LogP) is 0.607. The van der Waals surface area contributed by atoms with Crippen molar-refractivity contribution in [3.63, 3.8) is 0 Å². The third kappa shape index (κ3) is 1.18. The smallest absolute Gasteiger partial charge is 0.226 e. The highest BCUT2D eigenvalue weighted by atomic mass is 16.2. The molecule has 78 valence electrons. The standard InChI is InChI=1S/C11H18N2O/c14-11-10-4-3-8(10)7-13(11)9-2-1-5-12-6-9/h8-10,12H,1-7H2. The monoisotopic (exact) mass is 194 g/mol. The maximum Gasteiger partial charge on any atom is 0.226 e. The molecule has 3 aliphatic rings. The van der Waals surface area contributed by atoms with Crippen LogP contribution < -0.4 is 5.32 Å². The lowest BCUT2D eigenvalue weighted by Gasteiger charge is -2.31. The van der Waals surface area contributed by atoms with Gasteiger partial charge in [0.1, 0.15) is 0 Å². The van der Waals surface area contributed by atoms with E-state index in [1.54, 1.807) is 0 Å². The lowest BCUT2D eigenvalue weighted by Crippen LogP contribution is -2.46. The Bertz CT molecular complexity index is 248. The molecule has 0 spiro atoms. The molecule has 3 atom stereocenters. The van der Waals surface area contributed by atoms with Gasteiger partial charge in [0.25, 0.3) is 0 Å². The van der Waals surface area contributed by atoms with E-state index >= 15 is 0 Å². The second-order valence-corrected chi connectivity index (χ2v) is 4.93. The van der Waals surface area contributed by atoms with E-state index < -0.39 is 0 Å². The SMILES string of the molecule is O=C1C2CCC2CN1C1CCCNC1. The van der Waals surface area contributed by atoms with Crippen LogP contribution in [0.4, 0.5) is 0 Å². The van der Waals surface area contributed by atoms with Crippen LogP contribution in [0.1, 0.15) is 25.7 Å². The zero-order valence-electron chi connectivity index (χ0n) is 8.54. The van der Waals surface area contributed by atoms with Gasteiger partial charge in [-0.15, -0.1) is 0 Å². The van der Waals surface area contributed by atoms with Crippen LogP contribution in [-0.4, -0.2) is 36.5 Å². The van der Waals surface area contributed by atoms with Gasteiger partial charge in [-0.2, -0.15) is 0 Å². The highest BCUT2D eigenvalue weighted by Crippen LogP contribution is 2.42. The molecule has 3 nitrogen and oxygen atoms in total. The van der Waals surface area contributed by atoms with E-state index in [0.29, 0.717) is 23.8 Å². The molecule has 0 bridgehead atoms. The van der Waals surface area contributed by atoms with E-state index in [1.165, 1.54) is 19.3 Å². The van der Waals surface area contributed by atoms with E-state index in [9.17, 15) is 4.79 Å². The van der Waals surface area contributed by atoms with Gasteiger partial charge in [-0.25, -0.2) is 0 Å². The molecule has 14 heavy (non-hydrogen) atoms. The van der Waals surface area contributed by atoms with Gasteiger partial charge >= 0.3 is 0 Å². The number of carbonyl (C=O) groups excluding carboxylic acids is 1. The third-order valence-corrected chi connectivity index (χ3v) is 4.16. The minimum absolute atomic E-state index is 0.414. The molecule has 1 N–H and O–H groups in total. The number of carbonyl (C=O) groups is 1. The van der Waals surface area contributed by atoms with Crippen molar-refractivity contribution in [2.24, 2.45) is 11.8 Å². The van der Waals surface area contributed by atoms with Crippen LogP contribution in [0.3, 0.4) is 0 Å². The highest BCUT2D eigenvalue weighted by Gasteiger charge is 2.47. The second kappa shape index (κ2) is 3.23. The summed E-state index contributed by atoms with van der Waals surface area (Å²) < 4.78 is 0. The van der Waals surface area contributed by atoms with Gasteiger partial charge in [0.05, 0.1) is 0 Å². The van der Waals surface area contributed by atoms with E-state index in [0.717, 1.165) is 26.1 Å². The van der Waals surface area contributed by atoms with Crippen LogP contribution >= 0.6 is 0 Å². The van der Waals surface area contributed by atoms with Gasteiger partial charge in [0, 0.05) is 25.0 Å². The topological polar surface area (TPSA) is 32.3 Å². The van der Waals surface area contributed by atoms with Crippen LogP contribution in [-0.2, 0) is 4.79 Å². The van der Waals surface area contributed by atoms with Crippen molar-refractivity contribution < 1.29 is 4.79 Å². The molecular formula is C11H18N2O. The molecule has 3 unspecified atom stereocenters. The van der Waals surface area contributed by atoms with Gasteiger partial charge in [0.15, 0.2) is 0 Å². The van der Waals surface area contributed by atoms with Crippen LogP contribution in [0.5, 0.6) is 0 Å². The zero-order valence-corrected chi connectivity index (χ0v) is 8.54. The first kappa shape index (κ1) is 8.72. The van der Waals surface area contributed by atoms with Crippen molar-refractivity contribution in [1.29, 1.82) is 0 Å². The number of rotatable bonds is 1. The Labute approximate surface area is 84.8 Å². The lowest BCUT2D eigenvalue weighted by atomic mass is 9.76. The van der Waals surface area contributed by atoms with E-state index in [-0.39, 0.29) is 0 Å². The minimum atomic E-state index is 0.414. The molecule has 0 aromatic rings. The van der Waals surface area contributed by atoms with Crippen LogP contribution in [0.25, 0.3) is 0 Å². The Kier molecular flexibility index (Phi) is 2.01. The first-order chi connectivity index (χ1) is 6.86. The molecule has 2 saturated heterocycles. The summed E-state index contributed by atoms with van der Waals surface area (Å²) in [5.41, 5.74) is 0. The number of likely N-dealkylation sites (tertiary alicyclic amines) is 1. The third-order valence-electron chi connectivity index (χ3n) is 4.16. The first-order valence-electron chi connectivity index (χ1n) is 5.87. The summed E-state index contributed by atoms with van der Waals surface area (Å²) in [4.78, 5) is 14.1. The maximum absolute atomic E-state index is 12.0. The maximum atomic E-state index is 12.0. The molecule has 1 amide bonds. The summed E-state index contributed by atoms with van der Waals surface area (Å²) in [6.45, 7) is 3.20. The Hall–Kier alpha value is -0.570. The molecule has 2 aliphatic heterocycles. The summed E-state index contributed by atoms with van der Waals surface area (Å²) in [5, 5.41) is 3.39. The van der Waals surface area contributed by atoms with Gasteiger partial charge < -0.3 is 10.2 Å². The van der Waals surface area contributed by atoms with E-state index in [2.05, 4.69) is 10.2 Å². The van der Waals surface area contributed by atoms with E-state index in [4.69, 9.17) is 0 Å². The molecule has 3 rings (SSSR count). The molecule has 2 heterocycles. The van der Waals surface area contributed by atoms with Crippen molar-refractivity contribution >= 4 is 5.91 Å². The average molecular weight is 194 g/mol. The number of nitrogens with one attached hydrogen (secondary N) is 1.